The van der Waals surface area contributed by atoms with Crippen molar-refractivity contribution in [3.05, 3.63) is 5.56 Å². The maximum Gasteiger partial charge on any atom is 0.165 e. The molecule has 0 N–H and O–H groups in total. The van der Waals surface area contributed by atoms with E-state index in [0.29, 0.717) is 0 Å². The first-order valence-electron chi connectivity index (χ1n) is 2.61. The Hall–Kier alpha value is -0.240. The molecule has 0 atom stereocenters. The van der Waals surface area contributed by atoms with E-state index in [1.807, 2.05) is 7.85 Å². The molecule has 0 aliphatic rings. The van der Waals surface area contributed by atoms with Gasteiger partial charge < -0.3 is 0 Å². The zero-order valence-electron chi connectivity index (χ0n) is 5.36. The molecule has 0 radical (unpaired) electrons. The number of nitrogens with zero attached hydrogens (tertiary/aromatic N) is 1. The van der Waals surface area contributed by atoms with Crippen LogP contribution >= 0.6 is 11.5 Å². The van der Waals surface area contributed by atoms with E-state index in [0.717, 1.165) is 0 Å². The van der Waals surface area contributed by atoms with Crippen molar-refractivity contribution in [2.75, 3.05) is 0 Å². The normalized spacial score (nSPS) is 9.62. The van der Waals surface area contributed by atoms with Gasteiger partial charge in [-0.05, 0) is 17.3 Å². The number of rotatable bonds is 0. The zero-order chi connectivity index (χ0) is 6.15. The van der Waals surface area contributed by atoms with Crippen molar-refractivity contribution in [1.29, 1.82) is 0 Å². The fourth-order valence-electron chi connectivity index (χ4n) is 0.529. The molecule has 1 aromatic rings. The molecule has 0 spiro atoms. The van der Waals surface area contributed by atoms with E-state index < -0.39 is 0 Å². The molecule has 0 fully saturated rings. The van der Waals surface area contributed by atoms with Gasteiger partial charge in [0.05, 0.1) is 0 Å². The Morgan fingerprint density at radius 1 is 1.50 bits per heavy atom. The van der Waals surface area contributed by atoms with Gasteiger partial charge in [-0.1, -0.05) is 11.5 Å². The van der Waals surface area contributed by atoms with Crippen molar-refractivity contribution < 1.29 is 0 Å². The average Bonchev–Trinajstić information content (AvgIpc) is 1.98. The summed E-state index contributed by atoms with van der Waals surface area (Å²) in [5, 5.41) is 0. The van der Waals surface area contributed by atoms with Gasteiger partial charge in [-0.25, -0.2) is 4.37 Å². The summed E-state index contributed by atoms with van der Waals surface area (Å²) in [4.78, 5) is 0. The second-order valence-corrected chi connectivity index (χ2v) is 2.93. The maximum atomic E-state index is 4.16. The summed E-state index contributed by atoms with van der Waals surface area (Å²) in [5.41, 5.74) is 2.52. The minimum atomic E-state index is 1.17. The summed E-state index contributed by atoms with van der Waals surface area (Å²) in [7, 11) is 4.14. The minimum Gasteiger partial charge on any atom is -0.209 e. The van der Waals surface area contributed by atoms with Crippen LogP contribution in [0, 0.1) is 6.92 Å². The SMILES string of the molecule is Bc1nsc(B)c1C. The Morgan fingerprint density at radius 2 is 2.12 bits per heavy atom. The lowest BCUT2D eigenvalue weighted by atomic mass is 9.94. The van der Waals surface area contributed by atoms with Crippen molar-refractivity contribution in [2.24, 2.45) is 0 Å². The van der Waals surface area contributed by atoms with E-state index >= 15 is 0 Å². The summed E-state index contributed by atoms with van der Waals surface area (Å²) < 4.78 is 5.49. The summed E-state index contributed by atoms with van der Waals surface area (Å²) in [6.07, 6.45) is 0. The Bertz CT molecular complexity index is 176. The number of hydrogen-bond donors (Lipinski definition) is 0. The monoisotopic (exact) mass is 123 g/mol. The number of aromatic nitrogens is 1. The van der Waals surface area contributed by atoms with Crippen LogP contribution in [0.3, 0.4) is 0 Å². The molecule has 0 saturated carbocycles. The summed E-state index contributed by atoms with van der Waals surface area (Å²) >= 11 is 1.58. The van der Waals surface area contributed by atoms with Gasteiger partial charge in [0, 0.05) is 5.59 Å². The van der Waals surface area contributed by atoms with Gasteiger partial charge in [-0.2, -0.15) is 0 Å². The Kier molecular flexibility index (Phi) is 1.43. The van der Waals surface area contributed by atoms with Crippen LogP contribution < -0.4 is 10.4 Å². The van der Waals surface area contributed by atoms with Gasteiger partial charge in [0.25, 0.3) is 0 Å². The van der Waals surface area contributed by atoms with Crippen molar-refractivity contribution in [2.45, 2.75) is 6.92 Å². The fraction of sp³-hybridized carbons (Fsp3) is 0.250. The van der Waals surface area contributed by atoms with Crippen molar-refractivity contribution in [1.82, 2.24) is 4.37 Å². The topological polar surface area (TPSA) is 12.9 Å². The van der Waals surface area contributed by atoms with Gasteiger partial charge in [-0.15, -0.1) is 0 Å². The summed E-state index contributed by atoms with van der Waals surface area (Å²) in [6, 6.07) is 0. The van der Waals surface area contributed by atoms with Gasteiger partial charge in [0.1, 0.15) is 0 Å². The molecular weight excluding hydrogens is 116 g/mol. The third-order valence-electron chi connectivity index (χ3n) is 1.39. The Morgan fingerprint density at radius 3 is 2.25 bits per heavy atom. The molecule has 1 aromatic heterocycles. The highest BCUT2D eigenvalue weighted by atomic mass is 32.1. The highest BCUT2D eigenvalue weighted by Crippen LogP contribution is 1.87. The first-order valence-corrected chi connectivity index (χ1v) is 3.38. The lowest BCUT2D eigenvalue weighted by Gasteiger charge is -1.84. The molecule has 1 nitrogen and oxygen atoms in total. The van der Waals surface area contributed by atoms with Gasteiger partial charge in [-0.3, -0.25) is 0 Å². The molecule has 0 aliphatic carbocycles. The largest absolute Gasteiger partial charge is 0.209 e. The molecule has 1 heterocycles. The predicted molar refractivity (Wildman–Crippen MR) is 43.2 cm³/mol. The molecule has 0 saturated heterocycles. The first kappa shape index (κ1) is 5.89. The van der Waals surface area contributed by atoms with Crippen LogP contribution in [0.25, 0.3) is 0 Å². The van der Waals surface area contributed by atoms with Crippen LogP contribution in [-0.2, 0) is 0 Å². The first-order chi connectivity index (χ1) is 3.72. The van der Waals surface area contributed by atoms with E-state index in [4.69, 9.17) is 0 Å². The molecule has 0 aromatic carbocycles. The van der Waals surface area contributed by atoms with Gasteiger partial charge >= 0.3 is 0 Å². The van der Waals surface area contributed by atoms with Crippen LogP contribution in [-0.4, -0.2) is 20.1 Å². The van der Waals surface area contributed by atoms with Crippen molar-refractivity contribution in [3.8, 4) is 0 Å². The van der Waals surface area contributed by atoms with E-state index in [2.05, 4.69) is 19.1 Å². The van der Waals surface area contributed by atoms with Crippen molar-refractivity contribution in [3.63, 3.8) is 0 Å². The van der Waals surface area contributed by atoms with E-state index in [-0.39, 0.29) is 0 Å². The van der Waals surface area contributed by atoms with Crippen molar-refractivity contribution >= 4 is 37.6 Å². The molecule has 8 heavy (non-hydrogen) atoms. The predicted octanol–water partition coefficient (Wildman–Crippen LogP) is -2.03. The van der Waals surface area contributed by atoms with Gasteiger partial charge in [0.2, 0.25) is 0 Å². The zero-order valence-corrected chi connectivity index (χ0v) is 6.17. The molecule has 4 heteroatoms. The van der Waals surface area contributed by atoms with E-state index in [1.165, 1.54) is 15.9 Å². The molecular formula is C4H7B2NS. The Balaban J connectivity index is 3.19. The highest BCUT2D eigenvalue weighted by molar-refractivity contribution is 7.15. The third kappa shape index (κ3) is 0.802. The number of hydrogen-bond acceptors (Lipinski definition) is 2. The quantitative estimate of drug-likeness (QED) is 0.362. The van der Waals surface area contributed by atoms with Crippen LogP contribution in [0.4, 0.5) is 0 Å². The van der Waals surface area contributed by atoms with Gasteiger partial charge in [0.15, 0.2) is 15.7 Å². The lowest BCUT2D eigenvalue weighted by molar-refractivity contribution is 1.55. The third-order valence-corrected chi connectivity index (χ3v) is 2.34. The summed E-state index contributed by atoms with van der Waals surface area (Å²) in [6.45, 7) is 2.11. The molecule has 0 amide bonds. The minimum absolute atomic E-state index is 1.17. The standard InChI is InChI=1S/C4H7B2NS/c1-2-3(5)7-8-4(2)6/h5-6H2,1H3. The van der Waals surface area contributed by atoms with Crippen LogP contribution in [0.15, 0.2) is 0 Å². The van der Waals surface area contributed by atoms with E-state index in [9.17, 15) is 0 Å². The lowest BCUT2D eigenvalue weighted by Crippen LogP contribution is -2.11. The second-order valence-electron chi connectivity index (χ2n) is 1.95. The average molecular weight is 123 g/mol. The summed E-state index contributed by atoms with van der Waals surface area (Å²) in [5.74, 6) is 0. The van der Waals surface area contributed by atoms with E-state index in [1.54, 1.807) is 11.5 Å². The van der Waals surface area contributed by atoms with Crippen LogP contribution in [0.5, 0.6) is 0 Å². The molecule has 1 rings (SSSR count). The molecule has 0 aliphatic heterocycles. The molecule has 0 unspecified atom stereocenters. The second kappa shape index (κ2) is 1.94. The van der Waals surface area contributed by atoms with Crippen LogP contribution in [0.1, 0.15) is 5.56 Å². The fourth-order valence-corrected chi connectivity index (χ4v) is 1.22. The molecule has 40 valence electrons. The smallest absolute Gasteiger partial charge is 0.165 e. The highest BCUT2D eigenvalue weighted by Gasteiger charge is 1.97. The molecule has 0 bridgehead atoms. The maximum absolute atomic E-state index is 4.16. The Labute approximate surface area is 55.1 Å². The van der Waals surface area contributed by atoms with Crippen LogP contribution in [0.2, 0.25) is 0 Å².